The number of nitrogens with two attached hydrogens (primary N) is 1. The minimum absolute atomic E-state index is 0.499. The van der Waals surface area contributed by atoms with E-state index in [1.54, 1.807) is 0 Å². The normalized spacial score (nSPS) is 11.3. The molecular formula is C23H23N3. The Morgan fingerprint density at radius 2 is 1.62 bits per heavy atom. The molecule has 2 aromatic carbocycles. The molecule has 4 rings (SSSR count). The summed E-state index contributed by atoms with van der Waals surface area (Å²) in [7, 11) is 0. The molecule has 26 heavy (non-hydrogen) atoms. The largest absolute Gasteiger partial charge is 0.382 e. The predicted octanol–water partition coefficient (Wildman–Crippen LogP) is 5.08. The molecule has 0 spiro atoms. The van der Waals surface area contributed by atoms with Crippen LogP contribution < -0.4 is 5.73 Å². The smallest absolute Gasteiger partial charge is 0.150 e. The molecule has 4 aromatic rings. The monoisotopic (exact) mass is 341 g/mol. The maximum absolute atomic E-state index is 6.15. The van der Waals surface area contributed by atoms with E-state index in [9.17, 15) is 0 Å². The lowest BCUT2D eigenvalue weighted by Crippen LogP contribution is -1.99. The molecule has 0 saturated heterocycles. The van der Waals surface area contributed by atoms with Crippen LogP contribution in [0.3, 0.4) is 0 Å². The Kier molecular flexibility index (Phi) is 4.08. The van der Waals surface area contributed by atoms with Crippen molar-refractivity contribution in [1.82, 2.24) is 9.97 Å². The number of rotatable bonds is 3. The SMILES string of the molecule is Cc1ccc(CCc2cnc3c(N)nc4cc(C)ccc4c3c2)c(C)c1. The van der Waals surface area contributed by atoms with Gasteiger partial charge in [0.05, 0.1) is 5.52 Å². The summed E-state index contributed by atoms with van der Waals surface area (Å²) in [6, 6.07) is 15.2. The number of benzene rings is 2. The van der Waals surface area contributed by atoms with Gasteiger partial charge in [0.15, 0.2) is 5.82 Å². The Morgan fingerprint density at radius 3 is 2.42 bits per heavy atom. The number of hydrogen-bond donors (Lipinski definition) is 1. The Balaban J connectivity index is 1.73. The average Bonchev–Trinajstić information content (AvgIpc) is 2.60. The van der Waals surface area contributed by atoms with Gasteiger partial charge in [-0.1, -0.05) is 35.9 Å². The fourth-order valence-electron chi connectivity index (χ4n) is 3.60. The standard InChI is InChI=1S/C23H23N3/c1-14-4-7-18(16(3)10-14)8-6-17-12-20-19-9-5-15(2)11-21(19)26-23(24)22(20)25-13-17/h4-5,7,9-13H,6,8H2,1-3H3,(H2,24,26). The van der Waals surface area contributed by atoms with Gasteiger partial charge in [0.25, 0.3) is 0 Å². The Hall–Kier alpha value is -2.94. The van der Waals surface area contributed by atoms with Crippen molar-refractivity contribution in [2.45, 2.75) is 33.6 Å². The van der Waals surface area contributed by atoms with Crippen LogP contribution in [-0.2, 0) is 12.8 Å². The Morgan fingerprint density at radius 1 is 0.846 bits per heavy atom. The average molecular weight is 341 g/mol. The molecule has 0 fully saturated rings. The fraction of sp³-hybridized carbons (Fsp3) is 0.217. The van der Waals surface area contributed by atoms with Gasteiger partial charge < -0.3 is 5.73 Å². The molecule has 0 saturated carbocycles. The van der Waals surface area contributed by atoms with Crippen molar-refractivity contribution < 1.29 is 0 Å². The fourth-order valence-corrected chi connectivity index (χ4v) is 3.60. The van der Waals surface area contributed by atoms with Crippen LogP contribution in [0.5, 0.6) is 0 Å². The van der Waals surface area contributed by atoms with Gasteiger partial charge in [0.2, 0.25) is 0 Å². The first-order valence-electron chi connectivity index (χ1n) is 9.02. The van der Waals surface area contributed by atoms with E-state index in [1.807, 2.05) is 6.20 Å². The first-order chi connectivity index (χ1) is 12.5. The molecule has 0 radical (unpaired) electrons. The topological polar surface area (TPSA) is 51.8 Å². The van der Waals surface area contributed by atoms with Crippen LogP contribution in [0.1, 0.15) is 27.8 Å². The summed E-state index contributed by atoms with van der Waals surface area (Å²) < 4.78 is 0. The number of fused-ring (bicyclic) bond motifs is 3. The molecule has 0 aliphatic rings. The zero-order valence-electron chi connectivity index (χ0n) is 15.5. The van der Waals surface area contributed by atoms with Gasteiger partial charge in [-0.15, -0.1) is 0 Å². The van der Waals surface area contributed by atoms with E-state index < -0.39 is 0 Å². The van der Waals surface area contributed by atoms with Crippen molar-refractivity contribution in [1.29, 1.82) is 0 Å². The molecule has 130 valence electrons. The molecule has 0 aliphatic carbocycles. The van der Waals surface area contributed by atoms with Gasteiger partial charge in [0.1, 0.15) is 5.52 Å². The van der Waals surface area contributed by atoms with Crippen LogP contribution in [0.15, 0.2) is 48.7 Å². The molecule has 3 nitrogen and oxygen atoms in total. The van der Waals surface area contributed by atoms with Crippen molar-refractivity contribution in [2.75, 3.05) is 5.73 Å². The van der Waals surface area contributed by atoms with Crippen molar-refractivity contribution in [3.63, 3.8) is 0 Å². The van der Waals surface area contributed by atoms with Crippen LogP contribution in [0.25, 0.3) is 21.8 Å². The van der Waals surface area contributed by atoms with Crippen molar-refractivity contribution in [2.24, 2.45) is 0 Å². The third kappa shape index (κ3) is 3.01. The molecule has 0 aliphatic heterocycles. The maximum atomic E-state index is 6.15. The van der Waals surface area contributed by atoms with E-state index >= 15 is 0 Å². The van der Waals surface area contributed by atoms with Gasteiger partial charge in [-0.3, -0.25) is 4.98 Å². The lowest BCUT2D eigenvalue weighted by molar-refractivity contribution is 0.943. The van der Waals surface area contributed by atoms with Crippen molar-refractivity contribution in [3.8, 4) is 0 Å². The lowest BCUT2D eigenvalue weighted by atomic mass is 9.98. The molecule has 2 heterocycles. The first kappa shape index (κ1) is 16.5. The van der Waals surface area contributed by atoms with Crippen LogP contribution in [0.4, 0.5) is 5.82 Å². The number of nitrogen functional groups attached to an aromatic ring is 1. The van der Waals surface area contributed by atoms with Crippen LogP contribution in [0, 0.1) is 20.8 Å². The number of nitrogens with zero attached hydrogens (tertiary/aromatic N) is 2. The zero-order valence-corrected chi connectivity index (χ0v) is 15.5. The number of anilines is 1. The van der Waals surface area contributed by atoms with Crippen molar-refractivity contribution >= 4 is 27.6 Å². The molecule has 0 amide bonds. The van der Waals surface area contributed by atoms with Crippen molar-refractivity contribution in [3.05, 3.63) is 76.5 Å². The highest BCUT2D eigenvalue weighted by Crippen LogP contribution is 2.28. The molecule has 2 N–H and O–H groups in total. The highest BCUT2D eigenvalue weighted by Gasteiger charge is 2.09. The summed E-state index contributed by atoms with van der Waals surface area (Å²) in [5, 5.41) is 2.20. The minimum Gasteiger partial charge on any atom is -0.382 e. The third-order valence-corrected chi connectivity index (χ3v) is 5.05. The van der Waals surface area contributed by atoms with Crippen LogP contribution in [0.2, 0.25) is 0 Å². The Labute approximate surface area is 153 Å². The first-order valence-corrected chi connectivity index (χ1v) is 9.02. The minimum atomic E-state index is 0.499. The zero-order chi connectivity index (χ0) is 18.3. The molecule has 0 unspecified atom stereocenters. The van der Waals surface area contributed by atoms with Gasteiger partial charge >= 0.3 is 0 Å². The highest BCUT2D eigenvalue weighted by atomic mass is 14.9. The summed E-state index contributed by atoms with van der Waals surface area (Å²) in [5.41, 5.74) is 14.3. The van der Waals surface area contributed by atoms with Crippen LogP contribution in [-0.4, -0.2) is 9.97 Å². The molecular weight excluding hydrogens is 318 g/mol. The summed E-state index contributed by atoms with van der Waals surface area (Å²) in [5.74, 6) is 0.499. The summed E-state index contributed by atoms with van der Waals surface area (Å²) >= 11 is 0. The lowest BCUT2D eigenvalue weighted by Gasteiger charge is -2.10. The number of aryl methyl sites for hydroxylation is 5. The third-order valence-electron chi connectivity index (χ3n) is 5.05. The van der Waals surface area contributed by atoms with Crippen LogP contribution >= 0.6 is 0 Å². The van der Waals surface area contributed by atoms with Gasteiger partial charge in [0, 0.05) is 17.0 Å². The summed E-state index contributed by atoms with van der Waals surface area (Å²) in [4.78, 5) is 9.14. The molecule has 3 heteroatoms. The second-order valence-electron chi connectivity index (χ2n) is 7.19. The van der Waals surface area contributed by atoms with Gasteiger partial charge in [-0.05, 0) is 68.0 Å². The summed E-state index contributed by atoms with van der Waals surface area (Å²) in [6.07, 6.45) is 3.91. The molecule has 2 aromatic heterocycles. The van der Waals surface area contributed by atoms with E-state index in [0.717, 1.165) is 34.6 Å². The highest BCUT2D eigenvalue weighted by molar-refractivity contribution is 6.08. The second-order valence-corrected chi connectivity index (χ2v) is 7.19. The van der Waals surface area contributed by atoms with E-state index in [-0.39, 0.29) is 0 Å². The second kappa shape index (κ2) is 6.41. The van der Waals surface area contributed by atoms with Gasteiger partial charge in [-0.25, -0.2) is 4.98 Å². The maximum Gasteiger partial charge on any atom is 0.150 e. The quantitative estimate of drug-likeness (QED) is 0.529. The Bertz CT molecular complexity index is 1130. The number of hydrogen-bond acceptors (Lipinski definition) is 3. The molecule has 0 atom stereocenters. The van der Waals surface area contributed by atoms with E-state index in [1.165, 1.54) is 27.8 Å². The van der Waals surface area contributed by atoms with E-state index in [2.05, 4.69) is 73.2 Å². The number of pyridine rings is 2. The van der Waals surface area contributed by atoms with E-state index in [0.29, 0.717) is 5.82 Å². The van der Waals surface area contributed by atoms with Gasteiger partial charge in [-0.2, -0.15) is 0 Å². The summed E-state index contributed by atoms with van der Waals surface area (Å²) in [6.45, 7) is 6.39. The predicted molar refractivity (Wildman–Crippen MR) is 110 cm³/mol. The molecule has 0 bridgehead atoms. The number of aromatic nitrogens is 2. The van der Waals surface area contributed by atoms with E-state index in [4.69, 9.17) is 5.73 Å².